The second-order valence-corrected chi connectivity index (χ2v) is 3.54. The first-order chi connectivity index (χ1) is 6.27. The maximum Gasteiger partial charge on any atom is 0.151 e. The van der Waals surface area contributed by atoms with E-state index in [0.29, 0.717) is 22.9 Å². The highest BCUT2D eigenvalue weighted by Gasteiger charge is 2.00. The van der Waals surface area contributed by atoms with Gasteiger partial charge in [0, 0.05) is 10.9 Å². The zero-order valence-corrected chi connectivity index (χ0v) is 9.14. The molecule has 0 aliphatic heterocycles. The summed E-state index contributed by atoms with van der Waals surface area (Å²) in [5, 5.41) is 1.18. The number of halogens is 2. The van der Waals surface area contributed by atoms with Gasteiger partial charge in [-0.3, -0.25) is 4.79 Å². The van der Waals surface area contributed by atoms with Gasteiger partial charge in [-0.15, -0.1) is 0 Å². The van der Waals surface area contributed by atoms with E-state index in [-0.39, 0.29) is 0 Å². The van der Waals surface area contributed by atoms with Gasteiger partial charge in [0.25, 0.3) is 0 Å². The normalized spacial score (nSPS) is 9.69. The van der Waals surface area contributed by atoms with E-state index in [9.17, 15) is 4.79 Å². The van der Waals surface area contributed by atoms with E-state index in [1.165, 1.54) is 0 Å². The summed E-state index contributed by atoms with van der Waals surface area (Å²) in [6.45, 7) is 0.580. The van der Waals surface area contributed by atoms with Crippen molar-refractivity contribution in [1.82, 2.24) is 0 Å². The third-order valence-electron chi connectivity index (χ3n) is 1.44. The molecule has 0 N–H and O–H groups in total. The van der Waals surface area contributed by atoms with Crippen LogP contribution >= 0.6 is 27.5 Å². The Morgan fingerprint density at radius 1 is 1.54 bits per heavy atom. The summed E-state index contributed by atoms with van der Waals surface area (Å²) < 4.78 is 5.29. The van der Waals surface area contributed by atoms with Crippen LogP contribution in [0, 0.1) is 0 Å². The van der Waals surface area contributed by atoms with Crippen LogP contribution in [0.2, 0.25) is 5.02 Å². The zero-order valence-electron chi connectivity index (χ0n) is 6.80. The predicted molar refractivity (Wildman–Crippen MR) is 56.1 cm³/mol. The lowest BCUT2D eigenvalue weighted by atomic mass is 10.2. The molecule has 0 spiro atoms. The molecule has 1 aromatic rings. The molecule has 70 valence electrons. The third kappa shape index (κ3) is 3.01. The molecule has 0 amide bonds. The molecule has 0 fully saturated rings. The highest BCUT2D eigenvalue weighted by molar-refractivity contribution is 9.09. The van der Waals surface area contributed by atoms with Crippen LogP contribution in [-0.4, -0.2) is 18.2 Å². The summed E-state index contributed by atoms with van der Waals surface area (Å²) >= 11 is 9.02. The summed E-state index contributed by atoms with van der Waals surface area (Å²) in [6, 6.07) is 4.99. The minimum absolute atomic E-state index is 0.419. The molecular formula is C9H8BrClO2. The molecule has 4 heteroatoms. The third-order valence-corrected chi connectivity index (χ3v) is 2.10. The number of carbonyl (C=O) groups is 1. The number of hydrogen-bond acceptors (Lipinski definition) is 2. The topological polar surface area (TPSA) is 26.3 Å². The van der Waals surface area contributed by atoms with Gasteiger partial charge >= 0.3 is 0 Å². The molecule has 13 heavy (non-hydrogen) atoms. The first-order valence-corrected chi connectivity index (χ1v) is 5.21. The lowest BCUT2D eigenvalue weighted by Crippen LogP contribution is -1.97. The van der Waals surface area contributed by atoms with E-state index in [1.807, 2.05) is 0 Å². The van der Waals surface area contributed by atoms with Gasteiger partial charge in [0.1, 0.15) is 5.75 Å². The number of rotatable bonds is 4. The first kappa shape index (κ1) is 10.5. The van der Waals surface area contributed by atoms with Gasteiger partial charge < -0.3 is 4.74 Å². The number of carbonyl (C=O) groups excluding carboxylic acids is 1. The van der Waals surface area contributed by atoms with Crippen molar-refractivity contribution in [2.24, 2.45) is 0 Å². The van der Waals surface area contributed by atoms with E-state index in [4.69, 9.17) is 16.3 Å². The summed E-state index contributed by atoms with van der Waals surface area (Å²) in [5.74, 6) is 0.676. The van der Waals surface area contributed by atoms with Crippen molar-refractivity contribution in [3.05, 3.63) is 28.8 Å². The fourth-order valence-corrected chi connectivity index (χ4v) is 1.23. The first-order valence-electron chi connectivity index (χ1n) is 3.71. The molecule has 0 aliphatic rings. The van der Waals surface area contributed by atoms with Gasteiger partial charge in [0.2, 0.25) is 0 Å². The van der Waals surface area contributed by atoms with Crippen LogP contribution in [-0.2, 0) is 0 Å². The van der Waals surface area contributed by atoms with Gasteiger partial charge in [0.15, 0.2) is 6.29 Å². The van der Waals surface area contributed by atoms with Crippen molar-refractivity contribution in [2.45, 2.75) is 0 Å². The van der Waals surface area contributed by atoms with Crippen molar-refractivity contribution < 1.29 is 9.53 Å². The van der Waals surface area contributed by atoms with Crippen LogP contribution in [0.4, 0.5) is 0 Å². The molecule has 0 aromatic heterocycles. The van der Waals surface area contributed by atoms with Crippen LogP contribution in [0.5, 0.6) is 5.75 Å². The largest absolute Gasteiger partial charge is 0.493 e. The number of alkyl halides is 1. The van der Waals surface area contributed by atoms with Crippen LogP contribution < -0.4 is 4.74 Å². The monoisotopic (exact) mass is 262 g/mol. The summed E-state index contributed by atoms with van der Waals surface area (Å²) in [6.07, 6.45) is 0.719. The van der Waals surface area contributed by atoms with Gasteiger partial charge in [-0.1, -0.05) is 27.5 Å². The second-order valence-electron chi connectivity index (χ2n) is 2.34. The van der Waals surface area contributed by atoms with E-state index in [2.05, 4.69) is 15.9 Å². The maximum atomic E-state index is 10.4. The molecule has 0 radical (unpaired) electrons. The van der Waals surface area contributed by atoms with Crippen molar-refractivity contribution in [2.75, 3.05) is 11.9 Å². The van der Waals surface area contributed by atoms with Crippen LogP contribution in [0.3, 0.4) is 0 Å². The van der Waals surface area contributed by atoms with Gasteiger partial charge in [-0.05, 0) is 18.2 Å². The highest BCUT2D eigenvalue weighted by atomic mass is 79.9. The molecule has 2 nitrogen and oxygen atoms in total. The Labute approximate surface area is 90.0 Å². The zero-order chi connectivity index (χ0) is 9.68. The Hall–Kier alpha value is -0.540. The van der Waals surface area contributed by atoms with Gasteiger partial charge in [-0.2, -0.15) is 0 Å². The lowest BCUT2D eigenvalue weighted by Gasteiger charge is -2.04. The molecule has 1 aromatic carbocycles. The van der Waals surface area contributed by atoms with E-state index < -0.39 is 0 Å². The lowest BCUT2D eigenvalue weighted by molar-refractivity contribution is 0.112. The van der Waals surface area contributed by atoms with Crippen LogP contribution in [0.1, 0.15) is 10.4 Å². The maximum absolute atomic E-state index is 10.4. The van der Waals surface area contributed by atoms with Gasteiger partial charge in [0.05, 0.1) is 11.6 Å². The molecule has 1 rings (SSSR count). The summed E-state index contributed by atoms with van der Waals surface area (Å²) in [5.41, 5.74) is 0.479. The fraction of sp³-hybridized carbons (Fsp3) is 0.222. The molecule has 0 unspecified atom stereocenters. The number of benzene rings is 1. The Balaban J connectivity index is 2.77. The molecule has 0 bridgehead atoms. The minimum Gasteiger partial charge on any atom is -0.493 e. The summed E-state index contributed by atoms with van der Waals surface area (Å²) in [7, 11) is 0. The van der Waals surface area contributed by atoms with E-state index in [0.717, 1.165) is 11.6 Å². The molecule has 0 heterocycles. The number of ether oxygens (including phenoxy) is 1. The van der Waals surface area contributed by atoms with Crippen molar-refractivity contribution >= 4 is 33.8 Å². The fourth-order valence-electron chi connectivity index (χ4n) is 0.850. The standard InChI is InChI=1S/C9H8BrClO2/c10-3-4-13-8-2-1-7(6-12)9(11)5-8/h1-2,5-6H,3-4H2. The van der Waals surface area contributed by atoms with Crippen LogP contribution in [0.25, 0.3) is 0 Å². The Kier molecular flexibility index (Phi) is 4.25. The number of aldehydes is 1. The average Bonchev–Trinajstić information content (AvgIpc) is 2.15. The molecular weight excluding hydrogens is 255 g/mol. The van der Waals surface area contributed by atoms with E-state index in [1.54, 1.807) is 18.2 Å². The quantitative estimate of drug-likeness (QED) is 0.617. The van der Waals surface area contributed by atoms with Crippen molar-refractivity contribution in [3.8, 4) is 5.75 Å². The van der Waals surface area contributed by atoms with Crippen molar-refractivity contribution in [3.63, 3.8) is 0 Å². The highest BCUT2D eigenvalue weighted by Crippen LogP contribution is 2.21. The Bertz CT molecular complexity index is 302. The SMILES string of the molecule is O=Cc1ccc(OCCBr)cc1Cl. The second kappa shape index (κ2) is 5.25. The smallest absolute Gasteiger partial charge is 0.151 e. The molecule has 0 atom stereocenters. The summed E-state index contributed by atoms with van der Waals surface area (Å²) in [4.78, 5) is 10.4. The van der Waals surface area contributed by atoms with Crippen LogP contribution in [0.15, 0.2) is 18.2 Å². The number of hydrogen-bond donors (Lipinski definition) is 0. The molecule has 0 saturated heterocycles. The Morgan fingerprint density at radius 3 is 2.85 bits per heavy atom. The molecule has 0 saturated carbocycles. The Morgan fingerprint density at radius 2 is 2.31 bits per heavy atom. The van der Waals surface area contributed by atoms with Gasteiger partial charge in [-0.25, -0.2) is 0 Å². The van der Waals surface area contributed by atoms with E-state index >= 15 is 0 Å². The minimum atomic E-state index is 0.419. The molecule has 0 aliphatic carbocycles. The average molecular weight is 264 g/mol. The van der Waals surface area contributed by atoms with Crippen molar-refractivity contribution in [1.29, 1.82) is 0 Å². The predicted octanol–water partition coefficient (Wildman–Crippen LogP) is 2.93.